The van der Waals surface area contributed by atoms with Gasteiger partial charge in [0, 0.05) is 69.9 Å². The molecule has 3 aliphatic carbocycles. The first kappa shape index (κ1) is 64.7. The van der Waals surface area contributed by atoms with Crippen molar-refractivity contribution in [3.8, 4) is 0 Å². The van der Waals surface area contributed by atoms with E-state index in [2.05, 4.69) is 36.4 Å². The van der Waals surface area contributed by atoms with Crippen LogP contribution in [0.5, 0.6) is 0 Å². The van der Waals surface area contributed by atoms with E-state index in [9.17, 15) is 43.8 Å². The Hall–Kier alpha value is -8.27. The molecule has 6 aromatic carbocycles. The van der Waals surface area contributed by atoms with Crippen molar-refractivity contribution in [2.24, 2.45) is 35.5 Å². The van der Waals surface area contributed by atoms with Gasteiger partial charge in [-0.2, -0.15) is 0 Å². The van der Waals surface area contributed by atoms with Crippen molar-refractivity contribution >= 4 is 41.4 Å². The predicted molar refractivity (Wildman–Crippen MR) is 339 cm³/mol. The van der Waals surface area contributed by atoms with Crippen molar-refractivity contribution in [3.63, 3.8) is 0 Å². The number of Topliss-reactive ketones (excluding diaryl/α,β-unsaturated/α-hetero) is 1. The van der Waals surface area contributed by atoms with Gasteiger partial charge in [-0.15, -0.1) is 0 Å². The Labute approximate surface area is 528 Å². The van der Waals surface area contributed by atoms with Gasteiger partial charge in [0.05, 0.1) is 47.7 Å². The average molecular weight is 1220 g/mol. The first-order valence-electron chi connectivity index (χ1n) is 32.4. The Morgan fingerprint density at radius 3 is 0.967 bits per heavy atom. The van der Waals surface area contributed by atoms with Crippen molar-refractivity contribution < 1.29 is 58.0 Å². The Balaban J connectivity index is 0.000000148. The van der Waals surface area contributed by atoms with Crippen LogP contribution in [0.4, 0.5) is 0 Å². The molecule has 3 heterocycles. The van der Waals surface area contributed by atoms with E-state index < -0.39 is 53.7 Å². The van der Waals surface area contributed by atoms with E-state index in [-0.39, 0.29) is 61.7 Å². The number of carbonyl (C=O) groups is 7. The van der Waals surface area contributed by atoms with Crippen molar-refractivity contribution in [3.05, 3.63) is 215 Å². The van der Waals surface area contributed by atoms with Crippen LogP contribution in [0.3, 0.4) is 0 Å². The molecule has 0 unspecified atom stereocenters. The maximum atomic E-state index is 13.3. The number of carbonyl (C=O) groups excluding carboxylic acids is 7. The lowest BCUT2D eigenvalue weighted by Crippen LogP contribution is -2.44. The molecule has 3 saturated carbocycles. The molecule has 3 amide bonds. The summed E-state index contributed by atoms with van der Waals surface area (Å²) in [5.41, 5.74) is 6.47. The smallest absolute Gasteiger partial charge is 0.310 e. The number of aliphatic hydroxyl groups is 2. The van der Waals surface area contributed by atoms with Crippen LogP contribution in [0.15, 0.2) is 182 Å². The van der Waals surface area contributed by atoms with Crippen LogP contribution >= 0.6 is 0 Å². The highest BCUT2D eigenvalue weighted by Gasteiger charge is 2.46. The van der Waals surface area contributed by atoms with Crippen molar-refractivity contribution in [1.82, 2.24) is 14.7 Å². The number of ketones is 1. The van der Waals surface area contributed by atoms with Crippen LogP contribution in [0.1, 0.15) is 128 Å². The molecular weight excluding hydrogens is 1130 g/mol. The van der Waals surface area contributed by atoms with Crippen LogP contribution in [0.25, 0.3) is 0 Å². The van der Waals surface area contributed by atoms with E-state index in [1.165, 1.54) is 16.7 Å². The maximum Gasteiger partial charge on any atom is 0.310 e. The van der Waals surface area contributed by atoms with Crippen LogP contribution in [0.2, 0.25) is 0 Å². The van der Waals surface area contributed by atoms with Crippen LogP contribution in [-0.4, -0.2) is 118 Å². The van der Waals surface area contributed by atoms with Crippen molar-refractivity contribution in [1.29, 1.82) is 0 Å². The number of hydrogen-bond acceptors (Lipinski definition) is 12. The van der Waals surface area contributed by atoms with Gasteiger partial charge < -0.3 is 39.1 Å². The number of nitrogens with zero attached hydrogens (tertiary/aromatic N) is 3. The Morgan fingerprint density at radius 1 is 0.356 bits per heavy atom. The molecule has 6 aromatic rings. The molecule has 0 bridgehead atoms. The third kappa shape index (κ3) is 17.4. The minimum absolute atomic E-state index is 0.0115. The number of esters is 3. The fourth-order valence-corrected chi connectivity index (χ4v) is 14.0. The lowest BCUT2D eigenvalue weighted by atomic mass is 9.77. The molecule has 0 radical (unpaired) electrons. The number of ether oxygens (including phenoxy) is 3. The molecule has 3 saturated heterocycles. The highest BCUT2D eigenvalue weighted by Crippen LogP contribution is 2.39. The molecular formula is C75H85N3O12. The van der Waals surface area contributed by atoms with E-state index in [0.29, 0.717) is 108 Å². The van der Waals surface area contributed by atoms with Gasteiger partial charge in [-0.1, -0.05) is 182 Å². The number of benzene rings is 6. The summed E-state index contributed by atoms with van der Waals surface area (Å²) < 4.78 is 16.5. The fourth-order valence-electron chi connectivity index (χ4n) is 14.0. The lowest BCUT2D eigenvalue weighted by Gasteiger charge is -2.34. The molecule has 472 valence electrons. The second-order valence-electron chi connectivity index (χ2n) is 25.2. The topological polar surface area (TPSA) is 197 Å². The number of hydrogen-bond donors (Lipinski definition) is 2. The summed E-state index contributed by atoms with van der Waals surface area (Å²) in [5.74, 6) is -3.26. The highest BCUT2D eigenvalue weighted by atomic mass is 16.5. The largest absolute Gasteiger partial charge is 0.461 e. The second kappa shape index (κ2) is 32.0. The Bertz CT molecular complexity index is 3160. The summed E-state index contributed by atoms with van der Waals surface area (Å²) in [6.45, 7) is 4.69. The summed E-state index contributed by atoms with van der Waals surface area (Å²) >= 11 is 0. The molecule has 0 aromatic heterocycles. The SMILES string of the molecule is O=C(OCc1ccccc1)[C@H]1C[C@@H](O)CC[C@@H]1C(=O)N1CC[C@H](c2ccccc2)C1.O=C(OCc1ccccc1)[C@H]1C[C@H](O)CC[C@@H]1C(=O)N1CC[C@H](c2ccccc2)C1.O=C1CC[C@H](C(=O)N2CC[C@H](c3ccccc3)C2)[C@@H](C(=O)OCc2ccccc2)C1. The van der Waals surface area contributed by atoms with E-state index in [1.807, 2.05) is 160 Å². The number of amides is 3. The van der Waals surface area contributed by atoms with Crippen LogP contribution in [-0.2, 0) is 67.6 Å². The highest BCUT2D eigenvalue weighted by molar-refractivity contribution is 5.92. The third-order valence-electron chi connectivity index (χ3n) is 19.2. The van der Waals surface area contributed by atoms with Crippen molar-refractivity contribution in [2.75, 3.05) is 39.3 Å². The van der Waals surface area contributed by atoms with Crippen LogP contribution in [0, 0.1) is 35.5 Å². The normalized spacial score (nSPS) is 25.6. The Morgan fingerprint density at radius 2 is 0.644 bits per heavy atom. The van der Waals surface area contributed by atoms with Gasteiger partial charge in [-0.25, -0.2) is 0 Å². The van der Waals surface area contributed by atoms with Crippen molar-refractivity contribution in [2.45, 2.75) is 127 Å². The quantitative estimate of drug-likeness (QED) is 0.0730. The molecule has 0 spiro atoms. The average Bonchev–Trinajstić information content (AvgIpc) is 1.74. The summed E-state index contributed by atoms with van der Waals surface area (Å²) in [6, 6.07) is 59.3. The first-order chi connectivity index (χ1) is 43.8. The number of aliphatic hydroxyl groups excluding tert-OH is 2. The summed E-state index contributed by atoms with van der Waals surface area (Å²) in [7, 11) is 0. The summed E-state index contributed by atoms with van der Waals surface area (Å²) in [6.07, 6.45) is 5.30. The molecule has 15 heteroatoms. The van der Waals surface area contributed by atoms with Gasteiger partial charge >= 0.3 is 17.9 Å². The summed E-state index contributed by atoms with van der Waals surface area (Å²) in [4.78, 5) is 96.1. The van der Waals surface area contributed by atoms with Crippen LogP contribution < -0.4 is 0 Å². The molecule has 12 rings (SSSR count). The van der Waals surface area contributed by atoms with Gasteiger partial charge in [-0.05, 0) is 97.6 Å². The molecule has 6 fully saturated rings. The monoisotopic (exact) mass is 1220 g/mol. The Kier molecular flexibility index (Phi) is 23.0. The third-order valence-corrected chi connectivity index (χ3v) is 19.2. The minimum Gasteiger partial charge on any atom is -0.461 e. The van der Waals surface area contributed by atoms with Gasteiger partial charge in [0.1, 0.15) is 25.6 Å². The van der Waals surface area contributed by atoms with Gasteiger partial charge in [0.2, 0.25) is 17.7 Å². The van der Waals surface area contributed by atoms with Gasteiger partial charge in [-0.3, -0.25) is 33.6 Å². The van der Waals surface area contributed by atoms with E-state index in [1.54, 1.807) is 0 Å². The number of likely N-dealkylation sites (tertiary alicyclic amines) is 3. The molecule has 6 aliphatic rings. The first-order valence-corrected chi connectivity index (χ1v) is 32.4. The maximum absolute atomic E-state index is 13.3. The van der Waals surface area contributed by atoms with E-state index in [4.69, 9.17) is 14.2 Å². The zero-order valence-corrected chi connectivity index (χ0v) is 51.3. The number of rotatable bonds is 15. The fraction of sp³-hybridized carbons (Fsp3) is 0.427. The molecule has 2 N–H and O–H groups in total. The standard InChI is InChI=1S/2C25H29NO4.C25H27NO4/c3*27-21-11-12-22(23(15-21)25(29)30-17-18-7-3-1-4-8-18)24(28)26-14-13-20(16-26)19-9-5-2-6-10-19/h2*1-10,20-23,27H,11-17H2;1-10,20,22-23H,11-17H2/t20-,21+,22-,23-;20-,21-,22-,23-;20-,22-,23-/m000/s1. The minimum atomic E-state index is -0.682. The van der Waals surface area contributed by atoms with E-state index in [0.717, 1.165) is 36.0 Å². The molecule has 3 aliphatic heterocycles. The van der Waals surface area contributed by atoms with Gasteiger partial charge in [0.25, 0.3) is 0 Å². The molecule has 15 nitrogen and oxygen atoms in total. The summed E-state index contributed by atoms with van der Waals surface area (Å²) in [5, 5.41) is 20.3. The second-order valence-corrected chi connectivity index (χ2v) is 25.2. The lowest BCUT2D eigenvalue weighted by molar-refractivity contribution is -0.160. The zero-order chi connectivity index (χ0) is 62.8. The molecule has 11 atom stereocenters. The zero-order valence-electron chi connectivity index (χ0n) is 51.3. The predicted octanol–water partition coefficient (Wildman–Crippen LogP) is 10.8. The molecule has 90 heavy (non-hydrogen) atoms. The van der Waals surface area contributed by atoms with E-state index >= 15 is 0 Å². The van der Waals surface area contributed by atoms with Gasteiger partial charge in [0.15, 0.2) is 0 Å².